The molecular formula is C36H50N8O8. The van der Waals surface area contributed by atoms with E-state index in [0.29, 0.717) is 37.6 Å². The Morgan fingerprint density at radius 2 is 1.04 bits per heavy atom. The summed E-state index contributed by atoms with van der Waals surface area (Å²) in [5.74, 6) is 0.451. The first-order valence-electron chi connectivity index (χ1n) is 17.4. The zero-order valence-corrected chi connectivity index (χ0v) is 31.0. The second-order valence-corrected chi connectivity index (χ2v) is 13.9. The molecular weight excluding hydrogens is 672 g/mol. The molecule has 0 radical (unpaired) electrons. The van der Waals surface area contributed by atoms with Crippen LogP contribution >= 0.6 is 0 Å². The molecule has 4 amide bonds. The smallest absolute Gasteiger partial charge is 0.407 e. The molecule has 4 heterocycles. The molecule has 282 valence electrons. The number of hydrogen-bond donors (Lipinski definition) is 4. The van der Waals surface area contributed by atoms with Crippen LogP contribution in [-0.2, 0) is 28.5 Å². The van der Waals surface area contributed by atoms with Gasteiger partial charge in [0.25, 0.3) is 0 Å². The summed E-state index contributed by atoms with van der Waals surface area (Å²) >= 11 is 0. The first-order valence-corrected chi connectivity index (χ1v) is 17.4. The third kappa shape index (κ3) is 8.23. The van der Waals surface area contributed by atoms with Gasteiger partial charge in [-0.3, -0.25) is 9.59 Å². The van der Waals surface area contributed by atoms with Crippen LogP contribution in [0.4, 0.5) is 9.59 Å². The molecule has 0 unspecified atom stereocenters. The van der Waals surface area contributed by atoms with Gasteiger partial charge in [0.2, 0.25) is 11.8 Å². The van der Waals surface area contributed by atoms with Crippen molar-refractivity contribution < 1.29 is 38.1 Å². The largest absolute Gasteiger partial charge is 0.453 e. The highest BCUT2D eigenvalue weighted by Crippen LogP contribution is 2.36. The Balaban J connectivity index is 1.32. The van der Waals surface area contributed by atoms with E-state index < -0.39 is 24.3 Å². The molecule has 0 bridgehead atoms. The predicted molar refractivity (Wildman–Crippen MR) is 190 cm³/mol. The van der Waals surface area contributed by atoms with E-state index in [1.165, 1.54) is 14.2 Å². The summed E-state index contributed by atoms with van der Waals surface area (Å²) in [5, 5.41) is 5.34. The molecule has 1 aromatic carbocycles. The van der Waals surface area contributed by atoms with Gasteiger partial charge in [-0.2, -0.15) is 0 Å². The monoisotopic (exact) mass is 722 g/mol. The number of benzene rings is 1. The number of aromatic amines is 2. The predicted octanol–water partition coefficient (Wildman–Crippen LogP) is 3.80. The highest BCUT2D eigenvalue weighted by atomic mass is 16.5. The molecule has 3 aromatic rings. The lowest BCUT2D eigenvalue weighted by atomic mass is 10.0. The number of ether oxygens (including phenoxy) is 4. The van der Waals surface area contributed by atoms with Crippen molar-refractivity contribution in [2.45, 2.75) is 76.9 Å². The summed E-state index contributed by atoms with van der Waals surface area (Å²) in [6.07, 6.45) is 2.88. The number of hydrogen-bond acceptors (Lipinski definition) is 10. The van der Waals surface area contributed by atoms with Gasteiger partial charge >= 0.3 is 12.2 Å². The molecule has 0 spiro atoms. The standard InChI is InChI=1S/C36H50N8O8/c1-19(2)29(41-35(47)51-7)33(45)43-17-23(49-5)13-27(43)31-37-15-25(39-31)21-9-11-22(12-10-21)26-16-38-32(40-26)28-14-24(50-6)18-44(28)34(46)30(20(3)4)42-36(48)52-8/h9-12,15-16,19-20,23-24,27-30H,13-14,17-18H2,1-8H3,(H,37,39)(H,38,40)(H,41,47)(H,42,48)/t23-,24-,27-,28-,29-,30-/m0/s1. The van der Waals surface area contributed by atoms with Crippen LogP contribution in [0.25, 0.3) is 22.5 Å². The summed E-state index contributed by atoms with van der Waals surface area (Å²) in [7, 11) is 5.77. The number of aromatic nitrogens is 4. The lowest BCUT2D eigenvalue weighted by Crippen LogP contribution is -2.51. The molecule has 2 saturated heterocycles. The SMILES string of the molecule is COC(=O)N[C@H](C(=O)N1C[C@@H](OC)C[C@H]1c1ncc(-c2ccc(-c3cnc([C@@H]4C[C@H](OC)CN4C(=O)[C@@H](NC(=O)OC)C(C)C)[nH]3)cc2)[nH]1)C(C)C. The Morgan fingerprint density at radius 1 is 0.673 bits per heavy atom. The Hall–Kier alpha value is -4.96. The van der Waals surface area contributed by atoms with E-state index in [0.717, 1.165) is 22.5 Å². The van der Waals surface area contributed by atoms with Crippen LogP contribution in [0.2, 0.25) is 0 Å². The maximum absolute atomic E-state index is 13.7. The Kier molecular flexibility index (Phi) is 12.2. The molecule has 6 atom stereocenters. The van der Waals surface area contributed by atoms with E-state index in [1.807, 2.05) is 52.0 Å². The van der Waals surface area contributed by atoms with Gasteiger partial charge in [0.1, 0.15) is 23.7 Å². The number of likely N-dealkylation sites (tertiary alicyclic amines) is 2. The van der Waals surface area contributed by atoms with E-state index in [2.05, 4.69) is 30.6 Å². The zero-order chi connectivity index (χ0) is 37.7. The number of carbonyl (C=O) groups is 4. The number of amides is 4. The molecule has 0 saturated carbocycles. The first-order chi connectivity index (χ1) is 24.9. The van der Waals surface area contributed by atoms with Gasteiger partial charge in [-0.25, -0.2) is 19.6 Å². The fraction of sp³-hybridized carbons (Fsp3) is 0.556. The molecule has 52 heavy (non-hydrogen) atoms. The van der Waals surface area contributed by atoms with Crippen LogP contribution < -0.4 is 10.6 Å². The normalized spacial score (nSPS) is 21.3. The molecule has 0 aliphatic carbocycles. The number of H-pyrrole nitrogens is 2. The van der Waals surface area contributed by atoms with Crippen LogP contribution in [0.3, 0.4) is 0 Å². The Labute approximate surface area is 303 Å². The fourth-order valence-electron chi connectivity index (χ4n) is 6.83. The molecule has 16 nitrogen and oxygen atoms in total. The average Bonchev–Trinajstić information content (AvgIpc) is 3.97. The van der Waals surface area contributed by atoms with Crippen molar-refractivity contribution >= 4 is 24.0 Å². The van der Waals surface area contributed by atoms with Gasteiger partial charge in [0.15, 0.2) is 0 Å². The molecule has 2 fully saturated rings. The molecule has 4 N–H and O–H groups in total. The lowest BCUT2D eigenvalue weighted by molar-refractivity contribution is -0.136. The van der Waals surface area contributed by atoms with E-state index in [1.54, 1.807) is 36.4 Å². The van der Waals surface area contributed by atoms with Gasteiger partial charge in [0.05, 0.1) is 62.3 Å². The number of imidazole rings is 2. The number of rotatable bonds is 12. The number of nitrogens with one attached hydrogen (secondary N) is 4. The fourth-order valence-corrected chi connectivity index (χ4v) is 6.83. The minimum atomic E-state index is -0.769. The van der Waals surface area contributed by atoms with Gasteiger partial charge in [-0.1, -0.05) is 52.0 Å². The van der Waals surface area contributed by atoms with Gasteiger partial charge < -0.3 is 49.3 Å². The van der Waals surface area contributed by atoms with Crippen LogP contribution in [0, 0.1) is 11.8 Å². The molecule has 2 aromatic heterocycles. The van der Waals surface area contributed by atoms with Crippen molar-refractivity contribution in [1.29, 1.82) is 0 Å². The van der Waals surface area contributed by atoms with Crippen molar-refractivity contribution in [3.63, 3.8) is 0 Å². The maximum atomic E-state index is 13.7. The van der Waals surface area contributed by atoms with E-state index in [4.69, 9.17) is 18.9 Å². The van der Waals surface area contributed by atoms with Crippen LogP contribution in [0.15, 0.2) is 36.7 Å². The van der Waals surface area contributed by atoms with E-state index >= 15 is 0 Å². The second kappa shape index (κ2) is 16.6. The van der Waals surface area contributed by atoms with E-state index in [-0.39, 0.29) is 47.9 Å². The Morgan fingerprint density at radius 3 is 1.35 bits per heavy atom. The summed E-state index contributed by atoms with van der Waals surface area (Å²) in [4.78, 5) is 71.0. The zero-order valence-electron chi connectivity index (χ0n) is 31.0. The quantitative estimate of drug-likeness (QED) is 0.214. The van der Waals surface area contributed by atoms with Crippen molar-refractivity contribution in [2.75, 3.05) is 41.5 Å². The van der Waals surface area contributed by atoms with Crippen molar-refractivity contribution in [3.05, 3.63) is 48.3 Å². The summed E-state index contributed by atoms with van der Waals surface area (Å²) in [6.45, 7) is 8.20. The molecule has 5 rings (SSSR count). The van der Waals surface area contributed by atoms with E-state index in [9.17, 15) is 19.2 Å². The van der Waals surface area contributed by atoms with Crippen molar-refractivity contribution in [2.24, 2.45) is 11.8 Å². The lowest BCUT2D eigenvalue weighted by Gasteiger charge is -2.29. The average molecular weight is 723 g/mol. The van der Waals surface area contributed by atoms with Crippen LogP contribution in [0.5, 0.6) is 0 Å². The summed E-state index contributed by atoms with van der Waals surface area (Å²) < 4.78 is 20.8. The molecule has 2 aliphatic rings. The first kappa shape index (κ1) is 38.3. The van der Waals surface area contributed by atoms with Crippen molar-refractivity contribution in [3.8, 4) is 22.5 Å². The topological polar surface area (TPSA) is 193 Å². The number of carbonyl (C=O) groups excluding carboxylic acids is 4. The highest BCUT2D eigenvalue weighted by Gasteiger charge is 2.43. The third-order valence-corrected chi connectivity index (χ3v) is 9.87. The number of methoxy groups -OCH3 is 4. The third-order valence-electron chi connectivity index (χ3n) is 9.87. The summed E-state index contributed by atoms with van der Waals surface area (Å²) in [5.41, 5.74) is 3.34. The van der Waals surface area contributed by atoms with Crippen molar-refractivity contribution in [1.82, 2.24) is 40.4 Å². The molecule has 16 heteroatoms. The van der Waals surface area contributed by atoms with Gasteiger partial charge in [-0.15, -0.1) is 0 Å². The van der Waals surface area contributed by atoms with Crippen LogP contribution in [-0.4, -0.2) is 120 Å². The van der Waals surface area contributed by atoms with Gasteiger partial charge in [-0.05, 0) is 23.0 Å². The van der Waals surface area contributed by atoms with Gasteiger partial charge in [0, 0.05) is 40.2 Å². The second-order valence-electron chi connectivity index (χ2n) is 13.9. The molecule has 2 aliphatic heterocycles. The van der Waals surface area contributed by atoms with Crippen LogP contribution in [0.1, 0.15) is 64.3 Å². The number of alkyl carbamates (subject to hydrolysis) is 2. The summed E-state index contributed by atoms with van der Waals surface area (Å²) in [6, 6.07) is 5.59. The number of nitrogens with zero attached hydrogens (tertiary/aromatic N) is 4. The minimum Gasteiger partial charge on any atom is -0.453 e. The highest BCUT2D eigenvalue weighted by molar-refractivity contribution is 5.87. The Bertz CT molecular complexity index is 1580. The maximum Gasteiger partial charge on any atom is 0.407 e. The minimum absolute atomic E-state index is 0.167.